The number of ether oxygens (including phenoxy) is 1. The molecular weight excluding hydrogens is 276 g/mol. The van der Waals surface area contributed by atoms with E-state index in [1.54, 1.807) is 18.2 Å². The topological polar surface area (TPSA) is 58.6 Å². The van der Waals surface area contributed by atoms with E-state index in [-0.39, 0.29) is 4.90 Å². The fourth-order valence-corrected chi connectivity index (χ4v) is 2.67. The number of anilines is 1. The zero-order valence-electron chi connectivity index (χ0n) is 12.6. The standard InChI is InChI=1S/C14H24N2O3S/c1-12(2)11-19-10-9-15-13-7-5-6-8-14(13)20(17,18)16(3)4/h5-8,12,15H,9-11H2,1-4H3. The number of benzene rings is 1. The third-order valence-electron chi connectivity index (χ3n) is 2.66. The van der Waals surface area contributed by atoms with Gasteiger partial charge in [-0.15, -0.1) is 0 Å². The molecule has 0 bridgehead atoms. The maximum Gasteiger partial charge on any atom is 0.244 e. The number of nitrogens with one attached hydrogen (secondary N) is 1. The van der Waals surface area contributed by atoms with Crippen molar-refractivity contribution in [3.8, 4) is 0 Å². The maximum atomic E-state index is 12.2. The molecule has 5 nitrogen and oxygen atoms in total. The molecule has 0 saturated heterocycles. The molecule has 0 radical (unpaired) electrons. The van der Waals surface area contributed by atoms with Crippen LogP contribution in [0.5, 0.6) is 0 Å². The van der Waals surface area contributed by atoms with Crippen LogP contribution in [-0.2, 0) is 14.8 Å². The van der Waals surface area contributed by atoms with E-state index < -0.39 is 10.0 Å². The van der Waals surface area contributed by atoms with Gasteiger partial charge in [0.15, 0.2) is 0 Å². The highest BCUT2D eigenvalue weighted by molar-refractivity contribution is 7.89. The van der Waals surface area contributed by atoms with Crippen molar-refractivity contribution >= 4 is 15.7 Å². The van der Waals surface area contributed by atoms with Crippen LogP contribution in [0.2, 0.25) is 0 Å². The fourth-order valence-electron chi connectivity index (χ4n) is 1.61. The molecule has 0 aliphatic rings. The predicted molar refractivity (Wildman–Crippen MR) is 81.5 cm³/mol. The lowest BCUT2D eigenvalue weighted by atomic mass is 10.2. The third-order valence-corrected chi connectivity index (χ3v) is 4.53. The first kappa shape index (κ1) is 16.9. The van der Waals surface area contributed by atoms with Gasteiger partial charge in [0, 0.05) is 27.2 Å². The van der Waals surface area contributed by atoms with Gasteiger partial charge >= 0.3 is 0 Å². The maximum absolute atomic E-state index is 12.2. The highest BCUT2D eigenvalue weighted by atomic mass is 32.2. The monoisotopic (exact) mass is 300 g/mol. The fraction of sp³-hybridized carbons (Fsp3) is 0.571. The summed E-state index contributed by atoms with van der Waals surface area (Å²) >= 11 is 0. The molecule has 1 aromatic carbocycles. The van der Waals surface area contributed by atoms with Gasteiger partial charge in [-0.2, -0.15) is 0 Å². The van der Waals surface area contributed by atoms with Gasteiger partial charge in [0.2, 0.25) is 10.0 Å². The van der Waals surface area contributed by atoms with Gasteiger partial charge in [-0.25, -0.2) is 12.7 Å². The van der Waals surface area contributed by atoms with Crippen LogP contribution in [0.4, 0.5) is 5.69 Å². The van der Waals surface area contributed by atoms with Crippen LogP contribution in [0, 0.1) is 5.92 Å². The average Bonchev–Trinajstić information content (AvgIpc) is 2.38. The second-order valence-corrected chi connectivity index (χ2v) is 7.30. The molecule has 1 N–H and O–H groups in total. The highest BCUT2D eigenvalue weighted by Gasteiger charge is 2.20. The summed E-state index contributed by atoms with van der Waals surface area (Å²) in [6.07, 6.45) is 0. The second kappa shape index (κ2) is 7.61. The molecule has 0 saturated carbocycles. The number of hydrogen-bond donors (Lipinski definition) is 1. The van der Waals surface area contributed by atoms with Crippen LogP contribution < -0.4 is 5.32 Å². The van der Waals surface area contributed by atoms with Crippen molar-refractivity contribution in [2.24, 2.45) is 5.92 Å². The normalized spacial score (nSPS) is 12.1. The van der Waals surface area contributed by atoms with E-state index in [0.29, 0.717) is 31.4 Å². The Morgan fingerprint density at radius 3 is 2.50 bits per heavy atom. The first-order valence-electron chi connectivity index (χ1n) is 6.69. The second-order valence-electron chi connectivity index (χ2n) is 5.18. The summed E-state index contributed by atoms with van der Waals surface area (Å²) in [5.74, 6) is 0.497. The average molecular weight is 300 g/mol. The molecule has 0 aliphatic carbocycles. The van der Waals surface area contributed by atoms with Crippen LogP contribution >= 0.6 is 0 Å². The van der Waals surface area contributed by atoms with Crippen LogP contribution in [0.25, 0.3) is 0 Å². The molecule has 20 heavy (non-hydrogen) atoms. The summed E-state index contributed by atoms with van der Waals surface area (Å²) < 4.78 is 31.0. The van der Waals surface area contributed by atoms with Crippen LogP contribution in [0.1, 0.15) is 13.8 Å². The van der Waals surface area contributed by atoms with Crippen molar-refractivity contribution in [2.75, 3.05) is 39.2 Å². The first-order valence-corrected chi connectivity index (χ1v) is 8.13. The van der Waals surface area contributed by atoms with Crippen molar-refractivity contribution in [1.29, 1.82) is 0 Å². The minimum Gasteiger partial charge on any atom is -0.382 e. The van der Waals surface area contributed by atoms with Gasteiger partial charge < -0.3 is 10.1 Å². The minimum atomic E-state index is -3.43. The largest absolute Gasteiger partial charge is 0.382 e. The van der Waals surface area contributed by atoms with Gasteiger partial charge in [0.25, 0.3) is 0 Å². The Morgan fingerprint density at radius 1 is 1.25 bits per heavy atom. The Labute approximate surface area is 122 Å². The summed E-state index contributed by atoms with van der Waals surface area (Å²) in [6.45, 7) is 6.01. The molecular formula is C14H24N2O3S. The molecule has 0 fully saturated rings. The molecule has 114 valence electrons. The van der Waals surface area contributed by atoms with Crippen molar-refractivity contribution in [2.45, 2.75) is 18.7 Å². The van der Waals surface area contributed by atoms with E-state index in [2.05, 4.69) is 19.2 Å². The lowest BCUT2D eigenvalue weighted by molar-refractivity contribution is 0.118. The van der Waals surface area contributed by atoms with Crippen molar-refractivity contribution in [1.82, 2.24) is 4.31 Å². The molecule has 0 atom stereocenters. The Kier molecular flexibility index (Phi) is 6.45. The summed E-state index contributed by atoms with van der Waals surface area (Å²) in [5, 5.41) is 3.12. The van der Waals surface area contributed by atoms with Crippen LogP contribution in [0.3, 0.4) is 0 Å². The summed E-state index contributed by atoms with van der Waals surface area (Å²) in [6, 6.07) is 6.90. The van der Waals surface area contributed by atoms with Crippen LogP contribution in [-0.4, -0.2) is 46.6 Å². The molecule has 6 heteroatoms. The van der Waals surface area contributed by atoms with Gasteiger partial charge in [-0.05, 0) is 18.1 Å². The van der Waals surface area contributed by atoms with E-state index in [1.165, 1.54) is 18.4 Å². The Balaban J connectivity index is 2.68. The Morgan fingerprint density at radius 2 is 1.90 bits per heavy atom. The third kappa shape index (κ3) is 4.77. The van der Waals surface area contributed by atoms with Gasteiger partial charge in [-0.1, -0.05) is 26.0 Å². The quantitative estimate of drug-likeness (QED) is 0.746. The molecule has 1 aromatic rings. The van der Waals surface area contributed by atoms with Gasteiger partial charge in [0.1, 0.15) is 4.90 Å². The molecule has 1 rings (SSSR count). The summed E-state index contributed by atoms with van der Waals surface area (Å²) in [4.78, 5) is 0.286. The van der Waals surface area contributed by atoms with Gasteiger partial charge in [0.05, 0.1) is 12.3 Å². The number of hydrogen-bond acceptors (Lipinski definition) is 4. The molecule has 0 unspecified atom stereocenters. The molecule has 0 aromatic heterocycles. The lowest BCUT2D eigenvalue weighted by Gasteiger charge is -2.16. The lowest BCUT2D eigenvalue weighted by Crippen LogP contribution is -2.23. The molecule has 0 spiro atoms. The number of rotatable bonds is 8. The Hall–Kier alpha value is -1.11. The minimum absolute atomic E-state index is 0.286. The number of sulfonamides is 1. The molecule has 0 amide bonds. The molecule has 0 heterocycles. The van der Waals surface area contributed by atoms with E-state index >= 15 is 0 Å². The van der Waals surface area contributed by atoms with Gasteiger partial charge in [-0.3, -0.25) is 0 Å². The van der Waals surface area contributed by atoms with Crippen molar-refractivity contribution < 1.29 is 13.2 Å². The van der Waals surface area contributed by atoms with Crippen molar-refractivity contribution in [3.63, 3.8) is 0 Å². The van der Waals surface area contributed by atoms with E-state index in [9.17, 15) is 8.42 Å². The Bertz CT molecular complexity index is 513. The van der Waals surface area contributed by atoms with E-state index in [0.717, 1.165) is 0 Å². The summed E-state index contributed by atoms with van der Waals surface area (Å²) in [5.41, 5.74) is 0.606. The van der Waals surface area contributed by atoms with Crippen molar-refractivity contribution in [3.05, 3.63) is 24.3 Å². The highest BCUT2D eigenvalue weighted by Crippen LogP contribution is 2.22. The zero-order valence-corrected chi connectivity index (χ0v) is 13.4. The zero-order chi connectivity index (χ0) is 15.2. The smallest absolute Gasteiger partial charge is 0.244 e. The SMILES string of the molecule is CC(C)COCCNc1ccccc1S(=O)(=O)N(C)C. The first-order chi connectivity index (χ1) is 9.35. The number of para-hydroxylation sites is 1. The number of nitrogens with zero attached hydrogens (tertiary/aromatic N) is 1. The predicted octanol–water partition coefficient (Wildman–Crippen LogP) is 2.02. The van der Waals surface area contributed by atoms with E-state index in [1.807, 2.05) is 6.07 Å². The summed E-state index contributed by atoms with van der Waals surface area (Å²) in [7, 11) is -0.382. The van der Waals surface area contributed by atoms with E-state index in [4.69, 9.17) is 4.74 Å². The molecule has 0 aliphatic heterocycles. The van der Waals surface area contributed by atoms with Crippen LogP contribution in [0.15, 0.2) is 29.2 Å².